The number of halogens is 1. The number of rotatable bonds is 5. The average Bonchev–Trinajstić information content (AvgIpc) is 3.20. The molecule has 1 unspecified atom stereocenters. The fourth-order valence-electron chi connectivity index (χ4n) is 3.62. The van der Waals surface area contributed by atoms with Crippen LogP contribution in [0.2, 0.25) is 5.02 Å². The van der Waals surface area contributed by atoms with E-state index in [4.69, 9.17) is 21.1 Å². The Hall–Kier alpha value is -1.63. The normalized spacial score (nSPS) is 20.1. The molecule has 2 aliphatic rings. The zero-order valence-electron chi connectivity index (χ0n) is 15.8. The van der Waals surface area contributed by atoms with Crippen LogP contribution < -0.4 is 5.32 Å². The van der Waals surface area contributed by atoms with Gasteiger partial charge in [0.05, 0.1) is 23.8 Å². The minimum Gasteiger partial charge on any atom is -0.350 e. The summed E-state index contributed by atoms with van der Waals surface area (Å²) in [5, 5.41) is 3.25. The summed E-state index contributed by atoms with van der Waals surface area (Å²) in [5.74, 6) is -0.0673. The largest absolute Gasteiger partial charge is 0.350 e. The summed E-state index contributed by atoms with van der Waals surface area (Å²) >= 11 is 6.11. The smallest absolute Gasteiger partial charge is 0.253 e. The van der Waals surface area contributed by atoms with E-state index >= 15 is 0 Å². The molecule has 0 aromatic heterocycles. The lowest BCUT2D eigenvalue weighted by Gasteiger charge is -2.36. The molecule has 148 valence electrons. The molecule has 1 aromatic rings. The van der Waals surface area contributed by atoms with Crippen molar-refractivity contribution in [2.45, 2.75) is 39.0 Å². The first-order chi connectivity index (χ1) is 13.0. The Labute approximate surface area is 165 Å². The SMILES string of the molecule is CC(C)C(NC(=O)c1ccccc1Cl)C(=O)N1CCC(C2OCCO2)CC1. The van der Waals surface area contributed by atoms with E-state index in [1.54, 1.807) is 24.3 Å². The molecular formula is C20H27ClN2O4. The summed E-state index contributed by atoms with van der Waals surface area (Å²) < 4.78 is 11.2. The number of likely N-dealkylation sites (tertiary alicyclic amines) is 1. The molecule has 2 amide bonds. The van der Waals surface area contributed by atoms with Crippen LogP contribution in [0.4, 0.5) is 0 Å². The first kappa shape index (κ1) is 20.1. The van der Waals surface area contributed by atoms with E-state index in [2.05, 4.69) is 5.32 Å². The molecule has 7 heteroatoms. The Morgan fingerprint density at radius 2 is 1.78 bits per heavy atom. The van der Waals surface area contributed by atoms with Gasteiger partial charge in [-0.1, -0.05) is 37.6 Å². The van der Waals surface area contributed by atoms with Gasteiger partial charge in [-0.05, 0) is 30.9 Å². The molecule has 1 atom stereocenters. The van der Waals surface area contributed by atoms with Crippen LogP contribution in [0, 0.1) is 11.8 Å². The number of ether oxygens (including phenoxy) is 2. The van der Waals surface area contributed by atoms with Gasteiger partial charge in [0.25, 0.3) is 5.91 Å². The monoisotopic (exact) mass is 394 g/mol. The second kappa shape index (κ2) is 9.04. The van der Waals surface area contributed by atoms with Gasteiger partial charge in [-0.2, -0.15) is 0 Å². The molecule has 3 rings (SSSR count). The third-order valence-corrected chi connectivity index (χ3v) is 5.55. The number of hydrogen-bond donors (Lipinski definition) is 1. The second-order valence-corrected chi connectivity index (χ2v) is 7.85. The van der Waals surface area contributed by atoms with Crippen LogP contribution in [0.25, 0.3) is 0 Å². The van der Waals surface area contributed by atoms with E-state index < -0.39 is 6.04 Å². The van der Waals surface area contributed by atoms with Crippen molar-refractivity contribution in [3.8, 4) is 0 Å². The number of carbonyl (C=O) groups is 2. The van der Waals surface area contributed by atoms with Gasteiger partial charge >= 0.3 is 0 Å². The molecule has 0 saturated carbocycles. The van der Waals surface area contributed by atoms with Gasteiger partial charge < -0.3 is 19.7 Å². The van der Waals surface area contributed by atoms with Crippen molar-refractivity contribution < 1.29 is 19.1 Å². The number of piperidine rings is 1. The van der Waals surface area contributed by atoms with Crippen LogP contribution in [0.1, 0.15) is 37.0 Å². The van der Waals surface area contributed by atoms with E-state index in [-0.39, 0.29) is 24.0 Å². The molecule has 2 aliphatic heterocycles. The number of benzene rings is 1. The van der Waals surface area contributed by atoms with Crippen molar-refractivity contribution >= 4 is 23.4 Å². The molecule has 1 aromatic carbocycles. The maximum atomic E-state index is 13.0. The van der Waals surface area contributed by atoms with Gasteiger partial charge in [-0.25, -0.2) is 0 Å². The molecular weight excluding hydrogens is 368 g/mol. The lowest BCUT2D eigenvalue weighted by atomic mass is 9.94. The van der Waals surface area contributed by atoms with Crippen LogP contribution in [0.5, 0.6) is 0 Å². The van der Waals surface area contributed by atoms with Gasteiger partial charge in [0.1, 0.15) is 6.04 Å². The average molecular weight is 395 g/mol. The molecule has 1 N–H and O–H groups in total. The van der Waals surface area contributed by atoms with Crippen LogP contribution in [-0.2, 0) is 14.3 Å². The molecule has 2 heterocycles. The predicted molar refractivity (Wildman–Crippen MR) is 103 cm³/mol. The van der Waals surface area contributed by atoms with Crippen molar-refractivity contribution in [3.63, 3.8) is 0 Å². The third kappa shape index (κ3) is 4.81. The minimum atomic E-state index is -0.579. The predicted octanol–water partition coefficient (Wildman–Crippen LogP) is 2.71. The standard InChI is InChI=1S/C20H27ClN2O4/c1-13(2)17(22-18(24)15-5-3-4-6-16(15)21)19(25)23-9-7-14(8-10-23)20-26-11-12-27-20/h3-6,13-14,17,20H,7-12H2,1-2H3,(H,22,24). The number of nitrogens with one attached hydrogen (secondary N) is 1. The second-order valence-electron chi connectivity index (χ2n) is 7.45. The van der Waals surface area contributed by atoms with Crippen molar-refractivity contribution in [2.24, 2.45) is 11.8 Å². The van der Waals surface area contributed by atoms with Crippen molar-refractivity contribution in [3.05, 3.63) is 34.9 Å². The Bertz CT molecular complexity index is 668. The summed E-state index contributed by atoms with van der Waals surface area (Å²) in [5.41, 5.74) is 0.381. The van der Waals surface area contributed by atoms with Crippen LogP contribution in [0.15, 0.2) is 24.3 Å². The Morgan fingerprint density at radius 3 is 2.37 bits per heavy atom. The maximum Gasteiger partial charge on any atom is 0.253 e. The number of nitrogens with zero attached hydrogens (tertiary/aromatic N) is 1. The molecule has 2 saturated heterocycles. The van der Waals surface area contributed by atoms with Crippen LogP contribution in [0.3, 0.4) is 0 Å². The summed E-state index contributed by atoms with van der Waals surface area (Å²) in [7, 11) is 0. The highest BCUT2D eigenvalue weighted by Crippen LogP contribution is 2.26. The highest BCUT2D eigenvalue weighted by atomic mass is 35.5. The number of hydrogen-bond acceptors (Lipinski definition) is 4. The van der Waals surface area contributed by atoms with Gasteiger partial charge in [0.2, 0.25) is 5.91 Å². The third-order valence-electron chi connectivity index (χ3n) is 5.22. The highest BCUT2D eigenvalue weighted by molar-refractivity contribution is 6.33. The fourth-order valence-corrected chi connectivity index (χ4v) is 3.84. The van der Waals surface area contributed by atoms with E-state index in [0.717, 1.165) is 12.8 Å². The zero-order valence-corrected chi connectivity index (χ0v) is 16.6. The van der Waals surface area contributed by atoms with E-state index in [9.17, 15) is 9.59 Å². The number of amides is 2. The Kier molecular flexibility index (Phi) is 6.73. The van der Waals surface area contributed by atoms with Gasteiger partial charge in [-0.3, -0.25) is 9.59 Å². The summed E-state index contributed by atoms with van der Waals surface area (Å²) in [4.78, 5) is 27.5. The summed E-state index contributed by atoms with van der Waals surface area (Å²) in [6.07, 6.45) is 1.56. The Balaban J connectivity index is 1.60. The van der Waals surface area contributed by atoms with Crippen molar-refractivity contribution in [1.29, 1.82) is 0 Å². The number of carbonyl (C=O) groups excluding carboxylic acids is 2. The van der Waals surface area contributed by atoms with Gasteiger partial charge in [0, 0.05) is 19.0 Å². The van der Waals surface area contributed by atoms with Crippen LogP contribution in [-0.4, -0.2) is 55.3 Å². The Morgan fingerprint density at radius 1 is 1.15 bits per heavy atom. The molecule has 0 spiro atoms. The van der Waals surface area contributed by atoms with E-state index in [1.807, 2.05) is 18.7 Å². The van der Waals surface area contributed by atoms with Crippen molar-refractivity contribution in [2.75, 3.05) is 26.3 Å². The van der Waals surface area contributed by atoms with Gasteiger partial charge in [-0.15, -0.1) is 0 Å². The summed E-state index contributed by atoms with van der Waals surface area (Å²) in [6.45, 7) is 6.46. The first-order valence-corrected chi connectivity index (χ1v) is 9.92. The highest BCUT2D eigenvalue weighted by Gasteiger charge is 2.35. The van der Waals surface area contributed by atoms with Crippen molar-refractivity contribution in [1.82, 2.24) is 10.2 Å². The van der Waals surface area contributed by atoms with E-state index in [0.29, 0.717) is 42.8 Å². The topological polar surface area (TPSA) is 67.9 Å². The molecule has 0 radical (unpaired) electrons. The zero-order chi connectivity index (χ0) is 19.4. The molecule has 6 nitrogen and oxygen atoms in total. The molecule has 0 bridgehead atoms. The lowest BCUT2D eigenvalue weighted by molar-refractivity contribution is -0.139. The molecule has 27 heavy (non-hydrogen) atoms. The molecule has 2 fully saturated rings. The van der Waals surface area contributed by atoms with Crippen LogP contribution >= 0.6 is 11.6 Å². The maximum absolute atomic E-state index is 13.0. The minimum absolute atomic E-state index is 0.0249. The first-order valence-electron chi connectivity index (χ1n) is 9.54. The van der Waals surface area contributed by atoms with Gasteiger partial charge in [0.15, 0.2) is 6.29 Å². The quantitative estimate of drug-likeness (QED) is 0.833. The van der Waals surface area contributed by atoms with E-state index in [1.165, 1.54) is 0 Å². The molecule has 0 aliphatic carbocycles. The lowest BCUT2D eigenvalue weighted by Crippen LogP contribution is -2.53. The summed E-state index contributed by atoms with van der Waals surface area (Å²) in [6, 6.07) is 6.27. The fraction of sp³-hybridized carbons (Fsp3) is 0.600.